The van der Waals surface area contributed by atoms with Crippen LogP contribution in [0.2, 0.25) is 0 Å². The minimum atomic E-state index is -0.899. The minimum Gasteiger partial charge on any atom is -0.478 e. The number of carbonyl (C=O) groups is 1. The SMILES string of the molecule is CC(Nc1ccc(C(=O)O)c2ccccc12)c1ccsc1. The predicted molar refractivity (Wildman–Crippen MR) is 87.3 cm³/mol. The van der Waals surface area contributed by atoms with Gasteiger partial charge in [0.1, 0.15) is 0 Å². The van der Waals surface area contributed by atoms with E-state index in [1.165, 1.54) is 5.56 Å². The Balaban J connectivity index is 2.04. The van der Waals surface area contributed by atoms with Crippen LogP contribution in [0, 0.1) is 0 Å². The molecule has 0 saturated heterocycles. The van der Waals surface area contributed by atoms with Crippen molar-refractivity contribution in [2.75, 3.05) is 5.32 Å². The zero-order chi connectivity index (χ0) is 14.8. The van der Waals surface area contributed by atoms with Crippen molar-refractivity contribution in [2.24, 2.45) is 0 Å². The van der Waals surface area contributed by atoms with Crippen LogP contribution in [0.4, 0.5) is 5.69 Å². The highest BCUT2D eigenvalue weighted by Crippen LogP contribution is 2.30. The van der Waals surface area contributed by atoms with Gasteiger partial charge in [-0.2, -0.15) is 11.3 Å². The molecule has 1 aromatic heterocycles. The summed E-state index contributed by atoms with van der Waals surface area (Å²) in [5.41, 5.74) is 2.51. The van der Waals surface area contributed by atoms with Crippen molar-refractivity contribution in [3.8, 4) is 0 Å². The number of fused-ring (bicyclic) bond motifs is 1. The van der Waals surface area contributed by atoms with Crippen molar-refractivity contribution >= 4 is 33.8 Å². The average Bonchev–Trinajstić information content (AvgIpc) is 3.01. The summed E-state index contributed by atoms with van der Waals surface area (Å²) < 4.78 is 0. The van der Waals surface area contributed by atoms with Gasteiger partial charge in [0, 0.05) is 17.1 Å². The van der Waals surface area contributed by atoms with Crippen LogP contribution in [0.1, 0.15) is 28.9 Å². The van der Waals surface area contributed by atoms with Gasteiger partial charge < -0.3 is 10.4 Å². The van der Waals surface area contributed by atoms with Crippen LogP contribution >= 0.6 is 11.3 Å². The van der Waals surface area contributed by atoms with Crippen molar-refractivity contribution in [2.45, 2.75) is 13.0 Å². The number of aromatic carboxylic acids is 1. The lowest BCUT2D eigenvalue weighted by Crippen LogP contribution is -2.07. The molecule has 0 spiro atoms. The third-order valence-corrected chi connectivity index (χ3v) is 4.27. The molecule has 3 aromatic rings. The lowest BCUT2D eigenvalue weighted by Gasteiger charge is -2.17. The Kier molecular flexibility index (Phi) is 3.62. The maximum atomic E-state index is 11.3. The van der Waals surface area contributed by atoms with Crippen molar-refractivity contribution in [3.05, 3.63) is 64.4 Å². The number of carboxylic acid groups (broad SMARTS) is 1. The molecule has 0 radical (unpaired) electrons. The highest BCUT2D eigenvalue weighted by atomic mass is 32.1. The first-order valence-corrected chi connectivity index (χ1v) is 7.65. The Morgan fingerprint density at radius 2 is 1.90 bits per heavy atom. The fourth-order valence-corrected chi connectivity index (χ4v) is 3.20. The number of thiophene rings is 1. The van der Waals surface area contributed by atoms with Crippen LogP contribution < -0.4 is 5.32 Å². The molecule has 1 atom stereocenters. The largest absolute Gasteiger partial charge is 0.478 e. The van der Waals surface area contributed by atoms with Gasteiger partial charge in [0.25, 0.3) is 0 Å². The lowest BCUT2D eigenvalue weighted by molar-refractivity contribution is 0.0699. The summed E-state index contributed by atoms with van der Waals surface area (Å²) >= 11 is 1.67. The summed E-state index contributed by atoms with van der Waals surface area (Å²) in [4.78, 5) is 11.3. The predicted octanol–water partition coefficient (Wildman–Crippen LogP) is 4.77. The number of hydrogen-bond acceptors (Lipinski definition) is 3. The van der Waals surface area contributed by atoms with Crippen LogP contribution in [0.25, 0.3) is 10.8 Å². The third-order valence-electron chi connectivity index (χ3n) is 3.57. The minimum absolute atomic E-state index is 0.176. The quantitative estimate of drug-likeness (QED) is 0.729. The van der Waals surface area contributed by atoms with Gasteiger partial charge in [0.05, 0.1) is 5.56 Å². The first-order valence-electron chi connectivity index (χ1n) is 6.70. The van der Waals surface area contributed by atoms with E-state index in [0.29, 0.717) is 5.56 Å². The molecule has 0 aliphatic rings. The number of hydrogen-bond donors (Lipinski definition) is 2. The average molecular weight is 297 g/mol. The summed E-state index contributed by atoms with van der Waals surface area (Å²) in [6, 6.07) is 13.4. The topological polar surface area (TPSA) is 49.3 Å². The summed E-state index contributed by atoms with van der Waals surface area (Å²) in [7, 11) is 0. The van der Waals surface area contributed by atoms with Gasteiger partial charge in [-0.3, -0.25) is 0 Å². The number of anilines is 1. The standard InChI is InChI=1S/C17H15NO2S/c1-11(12-8-9-21-10-12)18-16-7-6-15(17(19)20)13-4-2-3-5-14(13)16/h2-11,18H,1H3,(H,19,20). The van der Waals surface area contributed by atoms with E-state index in [1.54, 1.807) is 17.4 Å². The highest BCUT2D eigenvalue weighted by molar-refractivity contribution is 7.08. The van der Waals surface area contributed by atoms with Crippen molar-refractivity contribution < 1.29 is 9.90 Å². The Labute approximate surface area is 126 Å². The molecule has 0 bridgehead atoms. The molecule has 0 saturated carbocycles. The van der Waals surface area contributed by atoms with Crippen LogP contribution in [-0.2, 0) is 0 Å². The third kappa shape index (κ3) is 2.62. The van der Waals surface area contributed by atoms with E-state index in [0.717, 1.165) is 16.5 Å². The fourth-order valence-electron chi connectivity index (χ4n) is 2.45. The normalized spacial score (nSPS) is 12.2. The molecule has 4 heteroatoms. The summed E-state index contributed by atoms with van der Waals surface area (Å²) in [6.45, 7) is 2.10. The van der Waals surface area contributed by atoms with Crippen molar-refractivity contribution in [1.82, 2.24) is 0 Å². The molecule has 0 amide bonds. The molecule has 21 heavy (non-hydrogen) atoms. The number of rotatable bonds is 4. The Morgan fingerprint density at radius 1 is 1.14 bits per heavy atom. The summed E-state index contributed by atoms with van der Waals surface area (Å²) in [6.07, 6.45) is 0. The lowest BCUT2D eigenvalue weighted by atomic mass is 10.0. The van der Waals surface area contributed by atoms with E-state index in [-0.39, 0.29) is 6.04 Å². The van der Waals surface area contributed by atoms with Crippen molar-refractivity contribution in [1.29, 1.82) is 0 Å². The molecule has 0 aliphatic carbocycles. The zero-order valence-corrected chi connectivity index (χ0v) is 12.4. The molecule has 3 nitrogen and oxygen atoms in total. The van der Waals surface area contributed by atoms with Gasteiger partial charge in [-0.1, -0.05) is 24.3 Å². The molecule has 3 rings (SSSR count). The van der Waals surface area contributed by atoms with E-state index in [2.05, 4.69) is 29.1 Å². The number of carboxylic acids is 1. The van der Waals surface area contributed by atoms with Crippen LogP contribution in [0.5, 0.6) is 0 Å². The maximum Gasteiger partial charge on any atom is 0.336 e. The number of nitrogens with one attached hydrogen (secondary N) is 1. The second-order valence-electron chi connectivity index (χ2n) is 4.93. The van der Waals surface area contributed by atoms with E-state index in [9.17, 15) is 9.90 Å². The molecule has 1 heterocycles. The van der Waals surface area contributed by atoms with E-state index < -0.39 is 5.97 Å². The Hall–Kier alpha value is -2.33. The molecule has 0 aliphatic heterocycles. The Bertz CT molecular complexity index is 781. The fraction of sp³-hybridized carbons (Fsp3) is 0.118. The van der Waals surface area contributed by atoms with E-state index in [1.807, 2.05) is 30.3 Å². The van der Waals surface area contributed by atoms with Gasteiger partial charge in [0.15, 0.2) is 0 Å². The van der Waals surface area contributed by atoms with E-state index >= 15 is 0 Å². The van der Waals surface area contributed by atoms with Crippen molar-refractivity contribution in [3.63, 3.8) is 0 Å². The van der Waals surface area contributed by atoms with Gasteiger partial charge in [0.2, 0.25) is 0 Å². The molecular formula is C17H15NO2S. The molecule has 2 N–H and O–H groups in total. The van der Waals surface area contributed by atoms with Gasteiger partial charge in [-0.25, -0.2) is 4.79 Å². The first-order chi connectivity index (χ1) is 10.2. The molecule has 2 aromatic carbocycles. The van der Waals surface area contributed by atoms with Gasteiger partial charge >= 0.3 is 5.97 Å². The van der Waals surface area contributed by atoms with Crippen LogP contribution in [-0.4, -0.2) is 11.1 Å². The molecule has 1 unspecified atom stereocenters. The Morgan fingerprint density at radius 3 is 2.57 bits per heavy atom. The van der Waals surface area contributed by atoms with Crippen LogP contribution in [0.3, 0.4) is 0 Å². The van der Waals surface area contributed by atoms with Gasteiger partial charge in [-0.05, 0) is 46.8 Å². The monoisotopic (exact) mass is 297 g/mol. The molecule has 106 valence electrons. The first kappa shape index (κ1) is 13.6. The second kappa shape index (κ2) is 5.58. The van der Waals surface area contributed by atoms with Crippen LogP contribution in [0.15, 0.2) is 53.2 Å². The summed E-state index contributed by atoms with van der Waals surface area (Å²) in [5.74, 6) is -0.899. The second-order valence-corrected chi connectivity index (χ2v) is 5.71. The van der Waals surface area contributed by atoms with Gasteiger partial charge in [-0.15, -0.1) is 0 Å². The number of benzene rings is 2. The highest BCUT2D eigenvalue weighted by Gasteiger charge is 2.13. The molecular weight excluding hydrogens is 282 g/mol. The van der Waals surface area contributed by atoms with E-state index in [4.69, 9.17) is 0 Å². The zero-order valence-electron chi connectivity index (χ0n) is 11.5. The smallest absolute Gasteiger partial charge is 0.336 e. The maximum absolute atomic E-state index is 11.3. The molecule has 0 fully saturated rings. The summed E-state index contributed by atoms with van der Waals surface area (Å²) in [5, 5.41) is 18.6.